The van der Waals surface area contributed by atoms with Crippen LogP contribution < -0.4 is 10.6 Å². The van der Waals surface area contributed by atoms with Crippen molar-refractivity contribution in [3.8, 4) is 5.69 Å². The fourth-order valence-electron chi connectivity index (χ4n) is 3.83. The number of carbonyl (C=O) groups is 3. The largest absolute Gasteiger partial charge is 0.468 e. The van der Waals surface area contributed by atoms with Gasteiger partial charge in [0.25, 0.3) is 0 Å². The van der Waals surface area contributed by atoms with Gasteiger partial charge in [-0.2, -0.15) is 0 Å². The third-order valence-corrected chi connectivity index (χ3v) is 5.82. The lowest BCUT2D eigenvalue weighted by Gasteiger charge is -2.20. The fourth-order valence-corrected chi connectivity index (χ4v) is 3.83. The number of ether oxygens (including phenoxy) is 1. The highest BCUT2D eigenvalue weighted by atomic mass is 16.5. The van der Waals surface area contributed by atoms with Gasteiger partial charge >= 0.3 is 5.97 Å². The van der Waals surface area contributed by atoms with Crippen LogP contribution in [-0.4, -0.2) is 67.8 Å². The van der Waals surface area contributed by atoms with Gasteiger partial charge < -0.3 is 15.4 Å². The average molecular weight is 543 g/mol. The van der Waals surface area contributed by atoms with E-state index in [1.54, 1.807) is 17.1 Å². The predicted octanol–water partition coefficient (Wildman–Crippen LogP) is 1.21. The molecule has 0 fully saturated rings. The molecule has 12 heteroatoms. The second kappa shape index (κ2) is 14.3. The maximum Gasteiger partial charge on any atom is 0.325 e. The highest BCUT2D eigenvalue weighted by Crippen LogP contribution is 2.14. The molecule has 0 aliphatic carbocycles. The number of amides is 2. The summed E-state index contributed by atoms with van der Waals surface area (Å²) in [6.07, 6.45) is 5.53. The molecular formula is C28H30N8O4. The molecule has 0 saturated carbocycles. The van der Waals surface area contributed by atoms with Crippen molar-refractivity contribution < 1.29 is 19.1 Å². The third-order valence-electron chi connectivity index (χ3n) is 5.82. The van der Waals surface area contributed by atoms with Gasteiger partial charge in [-0.25, -0.2) is 4.68 Å². The lowest BCUT2D eigenvalue weighted by Crippen LogP contribution is -2.39. The molecule has 0 aliphatic heterocycles. The number of carbonyl (C=O) groups excluding carboxylic acids is 3. The normalized spacial score (nSPS) is 10.8. The topological polar surface area (TPSA) is 144 Å². The zero-order valence-corrected chi connectivity index (χ0v) is 22.1. The van der Waals surface area contributed by atoms with Crippen LogP contribution in [0, 0.1) is 0 Å². The van der Waals surface area contributed by atoms with Crippen molar-refractivity contribution in [3.05, 3.63) is 102 Å². The van der Waals surface area contributed by atoms with Crippen LogP contribution in [0.4, 0.5) is 0 Å². The number of pyridine rings is 2. The van der Waals surface area contributed by atoms with Gasteiger partial charge in [-0.3, -0.25) is 29.3 Å². The molecule has 0 aliphatic rings. The molecule has 2 amide bonds. The zero-order chi connectivity index (χ0) is 28.2. The summed E-state index contributed by atoms with van der Waals surface area (Å²) in [5.74, 6) is -1.36. The molecule has 206 valence electrons. The van der Waals surface area contributed by atoms with E-state index in [0.717, 1.165) is 28.3 Å². The molecule has 12 nitrogen and oxygen atoms in total. The molecule has 4 rings (SSSR count). The fraction of sp³-hybridized carbons (Fsp3) is 0.250. The van der Waals surface area contributed by atoms with Crippen molar-refractivity contribution in [2.24, 2.45) is 0 Å². The number of aromatic nitrogens is 5. The Hall–Kier alpha value is -4.97. The van der Waals surface area contributed by atoms with Gasteiger partial charge in [-0.15, -0.1) is 5.10 Å². The number of esters is 1. The van der Waals surface area contributed by atoms with Gasteiger partial charge in [0.15, 0.2) is 0 Å². The second-order valence-electron chi connectivity index (χ2n) is 8.91. The quantitative estimate of drug-likeness (QED) is 0.238. The average Bonchev–Trinajstić information content (AvgIpc) is 3.44. The van der Waals surface area contributed by atoms with Crippen LogP contribution in [0.25, 0.3) is 5.69 Å². The molecule has 4 aromatic rings. The number of hydrogen-bond acceptors (Lipinski definition) is 9. The van der Waals surface area contributed by atoms with Crippen molar-refractivity contribution in [1.82, 2.24) is 40.5 Å². The molecular weight excluding hydrogens is 512 g/mol. The first kappa shape index (κ1) is 28.0. The van der Waals surface area contributed by atoms with Crippen LogP contribution >= 0.6 is 0 Å². The standard InChI is InChI=1S/C28H30N8O4/c1-40-28(39)16-32-27(38)15-31-26(37)14-21-8-10-25(11-9-21)36-20-24(33-34-36)19-35(17-22-6-2-4-12-29-22)18-23-7-3-5-13-30-23/h2-13,20H,14-19H2,1H3,(H,31,37)(H,32,38). The van der Waals surface area contributed by atoms with E-state index in [9.17, 15) is 14.4 Å². The lowest BCUT2D eigenvalue weighted by molar-refractivity contribution is -0.141. The lowest BCUT2D eigenvalue weighted by atomic mass is 10.1. The minimum absolute atomic E-state index is 0.100. The molecule has 0 bridgehead atoms. The summed E-state index contributed by atoms with van der Waals surface area (Å²) in [6.45, 7) is 1.34. The summed E-state index contributed by atoms with van der Waals surface area (Å²) >= 11 is 0. The highest BCUT2D eigenvalue weighted by molar-refractivity contribution is 5.87. The Labute approximate surface area is 231 Å². The first-order valence-electron chi connectivity index (χ1n) is 12.6. The minimum atomic E-state index is -0.564. The SMILES string of the molecule is COC(=O)CNC(=O)CNC(=O)Cc1ccc(-n2cc(CN(Cc3ccccn3)Cc3ccccn3)nn2)cc1. The maximum atomic E-state index is 12.2. The predicted molar refractivity (Wildman–Crippen MR) is 145 cm³/mol. The summed E-state index contributed by atoms with van der Waals surface area (Å²) < 4.78 is 6.14. The van der Waals surface area contributed by atoms with E-state index in [-0.39, 0.29) is 25.4 Å². The van der Waals surface area contributed by atoms with Crippen LogP contribution in [-0.2, 0) is 45.2 Å². The van der Waals surface area contributed by atoms with Gasteiger partial charge in [-0.05, 0) is 42.0 Å². The first-order chi connectivity index (χ1) is 19.5. The monoisotopic (exact) mass is 542 g/mol. The molecule has 0 unspecified atom stereocenters. The summed E-state index contributed by atoms with van der Waals surface area (Å²) in [5.41, 5.74) is 4.26. The van der Waals surface area contributed by atoms with Crippen LogP contribution in [0.1, 0.15) is 22.6 Å². The number of rotatable bonds is 13. The summed E-state index contributed by atoms with van der Waals surface area (Å²) in [4.78, 5) is 46.1. The third kappa shape index (κ3) is 8.81. The van der Waals surface area contributed by atoms with E-state index in [0.29, 0.717) is 19.6 Å². The van der Waals surface area contributed by atoms with Crippen molar-refractivity contribution >= 4 is 17.8 Å². The minimum Gasteiger partial charge on any atom is -0.468 e. The molecule has 0 saturated heterocycles. The Balaban J connectivity index is 1.32. The molecule has 3 heterocycles. The van der Waals surface area contributed by atoms with Crippen LogP contribution in [0.2, 0.25) is 0 Å². The van der Waals surface area contributed by atoms with Crippen molar-refractivity contribution in [1.29, 1.82) is 0 Å². The van der Waals surface area contributed by atoms with Gasteiger partial charge in [-0.1, -0.05) is 29.5 Å². The van der Waals surface area contributed by atoms with Crippen LogP contribution in [0.15, 0.2) is 79.3 Å². The molecule has 40 heavy (non-hydrogen) atoms. The Morgan fingerprint density at radius 2 is 1.43 bits per heavy atom. The number of nitrogens with zero attached hydrogens (tertiary/aromatic N) is 6. The molecule has 3 aromatic heterocycles. The highest BCUT2D eigenvalue weighted by Gasteiger charge is 2.13. The number of nitrogens with one attached hydrogen (secondary N) is 2. The van der Waals surface area contributed by atoms with Crippen molar-refractivity contribution in [3.63, 3.8) is 0 Å². The van der Waals surface area contributed by atoms with Crippen molar-refractivity contribution in [2.45, 2.75) is 26.1 Å². The summed E-state index contributed by atoms with van der Waals surface area (Å²) in [5, 5.41) is 13.5. The zero-order valence-electron chi connectivity index (χ0n) is 22.1. The van der Waals surface area contributed by atoms with Crippen LogP contribution in [0.3, 0.4) is 0 Å². The Morgan fingerprint density at radius 1 is 0.800 bits per heavy atom. The molecule has 0 spiro atoms. The van der Waals surface area contributed by atoms with E-state index in [4.69, 9.17) is 0 Å². The van der Waals surface area contributed by atoms with Gasteiger partial charge in [0.1, 0.15) is 6.54 Å². The first-order valence-corrected chi connectivity index (χ1v) is 12.6. The van der Waals surface area contributed by atoms with Gasteiger partial charge in [0.2, 0.25) is 11.8 Å². The van der Waals surface area contributed by atoms with E-state index < -0.39 is 11.9 Å². The van der Waals surface area contributed by atoms with Crippen molar-refractivity contribution in [2.75, 3.05) is 20.2 Å². The van der Waals surface area contributed by atoms with E-state index in [1.807, 2.05) is 66.9 Å². The molecule has 0 radical (unpaired) electrons. The summed E-state index contributed by atoms with van der Waals surface area (Å²) in [7, 11) is 1.23. The van der Waals surface area contributed by atoms with E-state index >= 15 is 0 Å². The Bertz CT molecular complexity index is 1350. The van der Waals surface area contributed by atoms with E-state index in [1.165, 1.54) is 7.11 Å². The van der Waals surface area contributed by atoms with Gasteiger partial charge in [0.05, 0.1) is 49.0 Å². The smallest absolute Gasteiger partial charge is 0.325 e. The molecule has 0 atom stereocenters. The molecule has 2 N–H and O–H groups in total. The maximum absolute atomic E-state index is 12.2. The second-order valence-corrected chi connectivity index (χ2v) is 8.91. The Morgan fingerprint density at radius 3 is 2.02 bits per heavy atom. The Kier molecular flexibility index (Phi) is 10.00. The summed E-state index contributed by atoms with van der Waals surface area (Å²) in [6, 6.07) is 19.0. The van der Waals surface area contributed by atoms with Gasteiger partial charge in [0, 0.05) is 32.0 Å². The van der Waals surface area contributed by atoms with E-state index in [2.05, 4.69) is 40.6 Å². The molecule has 1 aromatic carbocycles. The number of hydrogen-bond donors (Lipinski definition) is 2. The number of benzene rings is 1. The number of methoxy groups -OCH3 is 1. The van der Waals surface area contributed by atoms with Crippen LogP contribution in [0.5, 0.6) is 0 Å².